The van der Waals surface area contributed by atoms with Gasteiger partial charge in [-0.15, -0.1) is 0 Å². The molecule has 1 heterocycles. The Balaban J connectivity index is 2.06. The second kappa shape index (κ2) is 3.29. The van der Waals surface area contributed by atoms with Crippen molar-refractivity contribution in [2.24, 2.45) is 5.92 Å². The lowest BCUT2D eigenvalue weighted by Gasteiger charge is -2.23. The molecule has 1 saturated carbocycles. The van der Waals surface area contributed by atoms with Crippen molar-refractivity contribution in [3.05, 3.63) is 11.8 Å². The summed E-state index contributed by atoms with van der Waals surface area (Å²) in [5.41, 5.74) is 1.70. The predicted octanol–water partition coefficient (Wildman–Crippen LogP) is 2.44. The highest BCUT2D eigenvalue weighted by Gasteiger charge is 2.19. The lowest BCUT2D eigenvalue weighted by atomic mass is 9.82. The van der Waals surface area contributed by atoms with E-state index in [2.05, 4.69) is 11.5 Å². The van der Waals surface area contributed by atoms with E-state index in [0.717, 1.165) is 5.92 Å². The molecular formula is C10H17N. The summed E-state index contributed by atoms with van der Waals surface area (Å²) in [6.07, 6.45) is 10.8. The van der Waals surface area contributed by atoms with Gasteiger partial charge in [0.25, 0.3) is 0 Å². The molecule has 2 rings (SSSR count). The van der Waals surface area contributed by atoms with E-state index >= 15 is 0 Å². The molecule has 1 fully saturated rings. The molecule has 0 bridgehead atoms. The van der Waals surface area contributed by atoms with E-state index in [-0.39, 0.29) is 0 Å². The zero-order valence-corrected chi connectivity index (χ0v) is 7.10. The molecule has 1 unspecified atom stereocenters. The summed E-state index contributed by atoms with van der Waals surface area (Å²) in [6, 6.07) is 0. The van der Waals surface area contributed by atoms with Gasteiger partial charge < -0.3 is 5.32 Å². The van der Waals surface area contributed by atoms with Gasteiger partial charge in [0, 0.05) is 6.54 Å². The number of fused-ring (bicyclic) bond motifs is 1. The molecule has 2 aliphatic rings. The van der Waals surface area contributed by atoms with Crippen molar-refractivity contribution in [3.8, 4) is 0 Å². The summed E-state index contributed by atoms with van der Waals surface area (Å²) >= 11 is 0. The van der Waals surface area contributed by atoms with Gasteiger partial charge in [0.05, 0.1) is 0 Å². The first-order valence-electron chi connectivity index (χ1n) is 4.89. The van der Waals surface area contributed by atoms with Gasteiger partial charge >= 0.3 is 0 Å². The van der Waals surface area contributed by atoms with Crippen LogP contribution in [0.5, 0.6) is 0 Å². The van der Waals surface area contributed by atoms with Gasteiger partial charge in [-0.1, -0.05) is 12.0 Å². The van der Waals surface area contributed by atoms with Crippen molar-refractivity contribution >= 4 is 0 Å². The summed E-state index contributed by atoms with van der Waals surface area (Å²) < 4.78 is 0. The van der Waals surface area contributed by atoms with Crippen molar-refractivity contribution < 1.29 is 0 Å². The maximum atomic E-state index is 3.38. The Morgan fingerprint density at radius 1 is 1.18 bits per heavy atom. The van der Waals surface area contributed by atoms with Gasteiger partial charge in [-0.3, -0.25) is 0 Å². The maximum Gasteiger partial charge on any atom is 0.0141 e. The lowest BCUT2D eigenvalue weighted by molar-refractivity contribution is 0.428. The van der Waals surface area contributed by atoms with Crippen LogP contribution < -0.4 is 5.32 Å². The highest BCUT2D eigenvalue weighted by Crippen LogP contribution is 2.32. The van der Waals surface area contributed by atoms with Crippen LogP contribution >= 0.6 is 0 Å². The molecule has 0 saturated heterocycles. The monoisotopic (exact) mass is 151 g/mol. The van der Waals surface area contributed by atoms with Crippen LogP contribution in [0.2, 0.25) is 0 Å². The normalized spacial score (nSPS) is 31.3. The molecule has 0 aromatic carbocycles. The fourth-order valence-electron chi connectivity index (χ4n) is 2.28. The number of nitrogens with one attached hydrogen (secondary N) is 1. The van der Waals surface area contributed by atoms with E-state index in [4.69, 9.17) is 0 Å². The Bertz CT molecular complexity index is 160. The third-order valence-corrected chi connectivity index (χ3v) is 2.95. The van der Waals surface area contributed by atoms with Crippen LogP contribution in [0.1, 0.15) is 38.5 Å². The smallest absolute Gasteiger partial charge is 0.0141 e. The fourth-order valence-corrected chi connectivity index (χ4v) is 2.28. The Morgan fingerprint density at radius 2 is 2.09 bits per heavy atom. The second-order valence-electron chi connectivity index (χ2n) is 3.76. The summed E-state index contributed by atoms with van der Waals surface area (Å²) in [5.74, 6) is 0.943. The van der Waals surface area contributed by atoms with Crippen LogP contribution in [-0.2, 0) is 0 Å². The largest absolute Gasteiger partial charge is 0.391 e. The van der Waals surface area contributed by atoms with Gasteiger partial charge in [-0.05, 0) is 44.2 Å². The summed E-state index contributed by atoms with van der Waals surface area (Å²) in [6.45, 7) is 1.19. The quantitative estimate of drug-likeness (QED) is 0.560. The Labute approximate surface area is 68.9 Å². The van der Waals surface area contributed by atoms with Gasteiger partial charge in [0.1, 0.15) is 0 Å². The zero-order chi connectivity index (χ0) is 7.52. The van der Waals surface area contributed by atoms with Crippen LogP contribution in [-0.4, -0.2) is 6.54 Å². The van der Waals surface area contributed by atoms with Gasteiger partial charge in [0.2, 0.25) is 0 Å². The summed E-state index contributed by atoms with van der Waals surface area (Å²) in [4.78, 5) is 0. The number of hydrogen-bond acceptors (Lipinski definition) is 1. The molecule has 0 radical (unpaired) electrons. The minimum atomic E-state index is 0.943. The Kier molecular flexibility index (Phi) is 2.16. The molecule has 1 nitrogen and oxygen atoms in total. The van der Waals surface area contributed by atoms with E-state index in [9.17, 15) is 0 Å². The average Bonchev–Trinajstić information content (AvgIpc) is 2.28. The van der Waals surface area contributed by atoms with E-state index in [1.807, 2.05) is 0 Å². The molecule has 0 aromatic heterocycles. The molecule has 1 N–H and O–H groups in total. The van der Waals surface area contributed by atoms with E-state index in [0.29, 0.717) is 0 Å². The van der Waals surface area contributed by atoms with Crippen LogP contribution in [0, 0.1) is 5.92 Å². The topological polar surface area (TPSA) is 12.0 Å². The number of allylic oxidation sites excluding steroid dienone is 1. The summed E-state index contributed by atoms with van der Waals surface area (Å²) in [7, 11) is 0. The van der Waals surface area contributed by atoms with Crippen molar-refractivity contribution in [3.63, 3.8) is 0 Å². The molecule has 1 aliphatic heterocycles. The Hall–Kier alpha value is -0.460. The molecule has 1 atom stereocenters. The van der Waals surface area contributed by atoms with Crippen LogP contribution in [0.15, 0.2) is 11.8 Å². The minimum absolute atomic E-state index is 0.943. The Morgan fingerprint density at radius 3 is 3.09 bits per heavy atom. The van der Waals surface area contributed by atoms with Crippen LogP contribution in [0.3, 0.4) is 0 Å². The van der Waals surface area contributed by atoms with Crippen molar-refractivity contribution in [2.75, 3.05) is 6.54 Å². The SMILES string of the molecule is C1=C2CCCCC2CCCN1. The molecule has 0 aromatic rings. The van der Waals surface area contributed by atoms with Crippen molar-refractivity contribution in [2.45, 2.75) is 38.5 Å². The van der Waals surface area contributed by atoms with Crippen molar-refractivity contribution in [1.82, 2.24) is 5.32 Å². The fraction of sp³-hybridized carbons (Fsp3) is 0.800. The standard InChI is InChI=1S/C10H17N/c1-2-5-10-8-11-7-3-6-9(10)4-1/h8-9,11H,1-7H2. The number of hydrogen-bond donors (Lipinski definition) is 1. The zero-order valence-electron chi connectivity index (χ0n) is 7.10. The van der Waals surface area contributed by atoms with E-state index in [1.165, 1.54) is 45.1 Å². The maximum absolute atomic E-state index is 3.38. The first-order chi connectivity index (χ1) is 5.47. The third kappa shape index (κ3) is 1.58. The highest BCUT2D eigenvalue weighted by atomic mass is 14.8. The van der Waals surface area contributed by atoms with Gasteiger partial charge in [-0.25, -0.2) is 0 Å². The molecule has 62 valence electrons. The third-order valence-electron chi connectivity index (χ3n) is 2.95. The van der Waals surface area contributed by atoms with E-state index in [1.54, 1.807) is 5.57 Å². The van der Waals surface area contributed by atoms with Crippen LogP contribution in [0.25, 0.3) is 0 Å². The molecule has 0 spiro atoms. The lowest BCUT2D eigenvalue weighted by Crippen LogP contribution is -2.09. The average molecular weight is 151 g/mol. The van der Waals surface area contributed by atoms with Gasteiger partial charge in [0.15, 0.2) is 0 Å². The van der Waals surface area contributed by atoms with Crippen LogP contribution in [0.4, 0.5) is 0 Å². The summed E-state index contributed by atoms with van der Waals surface area (Å²) in [5, 5.41) is 3.38. The number of rotatable bonds is 0. The van der Waals surface area contributed by atoms with Crippen molar-refractivity contribution in [1.29, 1.82) is 0 Å². The molecule has 1 heteroatoms. The molecule has 0 amide bonds. The highest BCUT2D eigenvalue weighted by molar-refractivity contribution is 5.09. The molecular weight excluding hydrogens is 134 g/mol. The van der Waals surface area contributed by atoms with Gasteiger partial charge in [-0.2, -0.15) is 0 Å². The van der Waals surface area contributed by atoms with E-state index < -0.39 is 0 Å². The first-order valence-corrected chi connectivity index (χ1v) is 4.89. The molecule has 1 aliphatic carbocycles. The minimum Gasteiger partial charge on any atom is -0.391 e. The molecule has 11 heavy (non-hydrogen) atoms. The first kappa shape index (κ1) is 7.20. The predicted molar refractivity (Wildman–Crippen MR) is 47.3 cm³/mol. The second-order valence-corrected chi connectivity index (χ2v) is 3.76.